The first kappa shape index (κ1) is 8.75. The van der Waals surface area contributed by atoms with E-state index in [9.17, 15) is 4.79 Å². The quantitative estimate of drug-likeness (QED) is 0.707. The van der Waals surface area contributed by atoms with Crippen LogP contribution in [0.15, 0.2) is 54.6 Å². The Bertz CT molecular complexity index is 361. The van der Waals surface area contributed by atoms with Crippen molar-refractivity contribution >= 4 is 5.78 Å². The van der Waals surface area contributed by atoms with E-state index in [0.717, 1.165) is 5.75 Å². The average molecular weight is 186 g/mol. The van der Waals surface area contributed by atoms with E-state index in [-0.39, 0.29) is 11.9 Å². The molecule has 0 saturated carbocycles. The number of carbonyl (C=O) groups excluding carboxylic acids is 1. The molecular weight excluding hydrogens is 176 g/mol. The molecule has 1 aliphatic carbocycles. The Labute approximate surface area is 82.5 Å². The molecule has 0 radical (unpaired) electrons. The molecule has 0 unspecified atom stereocenters. The third-order valence-electron chi connectivity index (χ3n) is 1.92. The van der Waals surface area contributed by atoms with Crippen molar-refractivity contribution < 1.29 is 9.53 Å². The van der Waals surface area contributed by atoms with Gasteiger partial charge in [0.2, 0.25) is 0 Å². The van der Waals surface area contributed by atoms with Crippen molar-refractivity contribution in [2.45, 2.75) is 6.10 Å². The van der Waals surface area contributed by atoms with Crippen LogP contribution in [0.1, 0.15) is 0 Å². The van der Waals surface area contributed by atoms with Crippen LogP contribution in [0.4, 0.5) is 0 Å². The Morgan fingerprint density at radius 1 is 1.00 bits per heavy atom. The molecule has 2 rings (SSSR count). The van der Waals surface area contributed by atoms with Crippen molar-refractivity contribution in [1.29, 1.82) is 0 Å². The molecule has 0 aromatic heterocycles. The molecule has 0 N–H and O–H groups in total. The molecule has 1 aromatic rings. The van der Waals surface area contributed by atoms with E-state index in [1.54, 1.807) is 12.2 Å². The lowest BCUT2D eigenvalue weighted by Crippen LogP contribution is -2.13. The van der Waals surface area contributed by atoms with Crippen LogP contribution in [0.3, 0.4) is 0 Å². The number of hydrogen-bond acceptors (Lipinski definition) is 2. The fourth-order valence-corrected chi connectivity index (χ4v) is 1.23. The van der Waals surface area contributed by atoms with Crippen LogP contribution in [-0.4, -0.2) is 11.9 Å². The third-order valence-corrected chi connectivity index (χ3v) is 1.92. The number of allylic oxidation sites excluding steroid dienone is 2. The summed E-state index contributed by atoms with van der Waals surface area (Å²) in [5.41, 5.74) is 0. The summed E-state index contributed by atoms with van der Waals surface area (Å²) in [6, 6.07) is 9.53. The minimum absolute atomic E-state index is 0.0120. The van der Waals surface area contributed by atoms with Crippen LogP contribution in [0.25, 0.3) is 0 Å². The highest BCUT2D eigenvalue weighted by Gasteiger charge is 2.07. The number of carbonyl (C=O) groups is 1. The summed E-state index contributed by atoms with van der Waals surface area (Å²) in [5.74, 6) is 0.819. The normalized spacial score (nSPS) is 15.9. The summed E-state index contributed by atoms with van der Waals surface area (Å²) in [5, 5.41) is 0. The fraction of sp³-hybridized carbons (Fsp3) is 0.0833. The molecule has 14 heavy (non-hydrogen) atoms. The van der Waals surface area contributed by atoms with Gasteiger partial charge in [-0.1, -0.05) is 18.2 Å². The van der Waals surface area contributed by atoms with E-state index in [2.05, 4.69) is 0 Å². The molecule has 0 heterocycles. The summed E-state index contributed by atoms with van der Waals surface area (Å²) in [4.78, 5) is 10.8. The van der Waals surface area contributed by atoms with Gasteiger partial charge in [0, 0.05) is 0 Å². The smallest absolute Gasteiger partial charge is 0.178 e. The molecule has 0 bridgehead atoms. The van der Waals surface area contributed by atoms with Gasteiger partial charge in [-0.3, -0.25) is 4.79 Å². The molecule has 0 spiro atoms. The van der Waals surface area contributed by atoms with E-state index >= 15 is 0 Å². The zero-order valence-corrected chi connectivity index (χ0v) is 7.59. The van der Waals surface area contributed by atoms with Crippen molar-refractivity contribution in [3.8, 4) is 5.75 Å². The van der Waals surface area contributed by atoms with Crippen LogP contribution in [0.2, 0.25) is 0 Å². The van der Waals surface area contributed by atoms with Crippen LogP contribution in [0.5, 0.6) is 5.75 Å². The van der Waals surface area contributed by atoms with Gasteiger partial charge in [0.15, 0.2) is 5.78 Å². The minimum atomic E-state index is -0.130. The van der Waals surface area contributed by atoms with Crippen molar-refractivity contribution in [3.63, 3.8) is 0 Å². The Kier molecular flexibility index (Phi) is 2.45. The van der Waals surface area contributed by atoms with Crippen LogP contribution in [-0.2, 0) is 4.79 Å². The van der Waals surface area contributed by atoms with Gasteiger partial charge >= 0.3 is 0 Å². The predicted molar refractivity (Wildman–Crippen MR) is 54.1 cm³/mol. The number of ether oxygens (including phenoxy) is 1. The van der Waals surface area contributed by atoms with Crippen molar-refractivity contribution in [1.82, 2.24) is 0 Å². The maximum Gasteiger partial charge on any atom is 0.178 e. The van der Waals surface area contributed by atoms with Crippen molar-refractivity contribution in [2.75, 3.05) is 0 Å². The van der Waals surface area contributed by atoms with Crippen LogP contribution < -0.4 is 4.74 Å². The van der Waals surface area contributed by atoms with E-state index in [1.165, 1.54) is 12.2 Å². The standard InChI is InChI=1S/C12H10O2/c13-10-6-8-12(9-7-10)14-11-4-2-1-3-5-11/h1-9,12H. The SMILES string of the molecule is O=C1C=CC(Oc2ccccc2)C=C1. The first-order valence-corrected chi connectivity index (χ1v) is 4.47. The van der Waals surface area contributed by atoms with Gasteiger partial charge in [-0.15, -0.1) is 0 Å². The van der Waals surface area contributed by atoms with Gasteiger partial charge in [-0.2, -0.15) is 0 Å². The number of rotatable bonds is 2. The first-order valence-electron chi connectivity index (χ1n) is 4.47. The second-order valence-electron chi connectivity index (χ2n) is 3.02. The van der Waals surface area contributed by atoms with E-state index in [0.29, 0.717) is 0 Å². The van der Waals surface area contributed by atoms with Crippen LogP contribution in [0, 0.1) is 0 Å². The van der Waals surface area contributed by atoms with Gasteiger partial charge in [0.1, 0.15) is 11.9 Å². The van der Waals surface area contributed by atoms with Gasteiger partial charge in [0.25, 0.3) is 0 Å². The zero-order valence-electron chi connectivity index (χ0n) is 7.59. The maximum absolute atomic E-state index is 10.8. The molecule has 70 valence electrons. The number of ketones is 1. The van der Waals surface area contributed by atoms with Gasteiger partial charge < -0.3 is 4.74 Å². The molecule has 2 heteroatoms. The predicted octanol–water partition coefficient (Wildman–Crippen LogP) is 2.13. The first-order chi connectivity index (χ1) is 6.84. The van der Waals surface area contributed by atoms with Gasteiger partial charge in [-0.25, -0.2) is 0 Å². The van der Waals surface area contributed by atoms with E-state index in [4.69, 9.17) is 4.74 Å². The topological polar surface area (TPSA) is 26.3 Å². The summed E-state index contributed by atoms with van der Waals surface area (Å²) in [7, 11) is 0. The lowest BCUT2D eigenvalue weighted by atomic mass is 10.1. The summed E-state index contributed by atoms with van der Waals surface area (Å²) in [6.45, 7) is 0. The molecule has 0 saturated heterocycles. The highest BCUT2D eigenvalue weighted by molar-refractivity contribution is 6.00. The van der Waals surface area contributed by atoms with Crippen molar-refractivity contribution in [2.24, 2.45) is 0 Å². The summed E-state index contributed by atoms with van der Waals surface area (Å²) >= 11 is 0. The van der Waals surface area contributed by atoms with Gasteiger partial charge in [-0.05, 0) is 36.4 Å². The molecule has 1 aromatic carbocycles. The molecule has 0 fully saturated rings. The minimum Gasteiger partial charge on any atom is -0.482 e. The highest BCUT2D eigenvalue weighted by Crippen LogP contribution is 2.13. The Morgan fingerprint density at radius 3 is 2.29 bits per heavy atom. The highest BCUT2D eigenvalue weighted by atomic mass is 16.5. The zero-order chi connectivity index (χ0) is 9.80. The Morgan fingerprint density at radius 2 is 1.64 bits per heavy atom. The number of benzene rings is 1. The second-order valence-corrected chi connectivity index (χ2v) is 3.02. The van der Waals surface area contributed by atoms with Gasteiger partial charge in [0.05, 0.1) is 0 Å². The third kappa shape index (κ3) is 2.10. The maximum atomic E-state index is 10.8. The molecule has 1 aliphatic rings. The monoisotopic (exact) mass is 186 g/mol. The number of hydrogen-bond donors (Lipinski definition) is 0. The molecule has 2 nitrogen and oxygen atoms in total. The molecule has 0 aliphatic heterocycles. The average Bonchev–Trinajstić information content (AvgIpc) is 2.23. The summed E-state index contributed by atoms with van der Waals surface area (Å²) < 4.78 is 5.58. The summed E-state index contributed by atoms with van der Waals surface area (Å²) in [6.07, 6.45) is 6.40. The lowest BCUT2D eigenvalue weighted by molar-refractivity contribution is -0.110. The van der Waals surface area contributed by atoms with Crippen molar-refractivity contribution in [3.05, 3.63) is 54.6 Å². The second kappa shape index (κ2) is 3.92. The largest absolute Gasteiger partial charge is 0.482 e. The number of para-hydroxylation sites is 1. The van der Waals surface area contributed by atoms with E-state index in [1.807, 2.05) is 30.3 Å². The fourth-order valence-electron chi connectivity index (χ4n) is 1.23. The lowest BCUT2D eigenvalue weighted by Gasteiger charge is -2.13. The Hall–Kier alpha value is -1.83. The van der Waals surface area contributed by atoms with Crippen LogP contribution >= 0.6 is 0 Å². The van der Waals surface area contributed by atoms with E-state index < -0.39 is 0 Å². The Balaban J connectivity index is 2.03. The molecule has 0 atom stereocenters. The molecule has 0 amide bonds. The molecular formula is C12H10O2.